The smallest absolute Gasteiger partial charge is 0.251 e. The first-order valence-electron chi connectivity index (χ1n) is 4.47. The lowest BCUT2D eigenvalue weighted by Crippen LogP contribution is -2.29. The van der Waals surface area contributed by atoms with Gasteiger partial charge in [0.05, 0.1) is 0 Å². The number of carbonyl (C=O) groups is 1. The molecule has 1 amide bonds. The number of aryl methyl sites for hydroxylation is 1. The predicted molar refractivity (Wildman–Crippen MR) is 64.2 cm³/mol. The Labute approximate surface area is 92.2 Å². The van der Waals surface area contributed by atoms with Crippen molar-refractivity contribution in [2.24, 2.45) is 0 Å². The van der Waals surface area contributed by atoms with Crippen molar-refractivity contribution in [1.29, 1.82) is 0 Å². The molecule has 78 valence electrons. The van der Waals surface area contributed by atoms with E-state index in [1.165, 1.54) is 5.56 Å². The van der Waals surface area contributed by atoms with E-state index in [9.17, 15) is 4.79 Å². The topological polar surface area (TPSA) is 29.1 Å². The molecule has 0 aliphatic heterocycles. The molecule has 1 N–H and O–H groups in total. The lowest BCUT2D eigenvalue weighted by molar-refractivity contribution is 0.0943. The van der Waals surface area contributed by atoms with E-state index in [1.807, 2.05) is 45.0 Å². The summed E-state index contributed by atoms with van der Waals surface area (Å²) in [7, 11) is 0. The van der Waals surface area contributed by atoms with Crippen molar-refractivity contribution < 1.29 is 4.79 Å². The number of hydrogen-bond acceptors (Lipinski definition) is 1. The third-order valence-electron chi connectivity index (χ3n) is 1.73. The summed E-state index contributed by atoms with van der Waals surface area (Å²) in [5.74, 6) is -0.00463. The molecule has 0 saturated carbocycles. The molecule has 0 saturated heterocycles. The maximum Gasteiger partial charge on any atom is 0.251 e. The van der Waals surface area contributed by atoms with Crippen LogP contribution in [0.5, 0.6) is 0 Å². The molecular weight excluding hydrogens is 194 g/mol. The second-order valence-electron chi connectivity index (χ2n) is 3.49. The van der Waals surface area contributed by atoms with Gasteiger partial charge in [-0.15, -0.1) is 0 Å². The van der Waals surface area contributed by atoms with Crippen molar-refractivity contribution in [2.45, 2.75) is 26.8 Å². The molecule has 1 rings (SSSR count). The SMILES string of the molecule is Cc1ccc(C(=O)NC(C)C)cc1.S. The minimum Gasteiger partial charge on any atom is -0.350 e. The standard InChI is InChI=1S/C11H15NO.H2S/c1-8(2)12-11(13)10-6-4-9(3)5-7-10;/h4-8H,1-3H3,(H,12,13);1H2. The highest BCUT2D eigenvalue weighted by molar-refractivity contribution is 7.59. The van der Waals surface area contributed by atoms with Gasteiger partial charge in [0.15, 0.2) is 0 Å². The third-order valence-corrected chi connectivity index (χ3v) is 1.73. The molecule has 14 heavy (non-hydrogen) atoms. The average molecular weight is 211 g/mol. The summed E-state index contributed by atoms with van der Waals surface area (Å²) in [6.07, 6.45) is 0. The molecule has 0 atom stereocenters. The van der Waals surface area contributed by atoms with Crippen molar-refractivity contribution in [2.75, 3.05) is 0 Å². The number of carbonyl (C=O) groups excluding carboxylic acids is 1. The van der Waals surface area contributed by atoms with Crippen LogP contribution in [-0.4, -0.2) is 11.9 Å². The third kappa shape index (κ3) is 3.83. The van der Waals surface area contributed by atoms with Crippen molar-refractivity contribution in [1.82, 2.24) is 5.32 Å². The Morgan fingerprint density at radius 3 is 2.14 bits per heavy atom. The molecule has 0 radical (unpaired) electrons. The highest BCUT2D eigenvalue weighted by atomic mass is 32.1. The minimum absolute atomic E-state index is 0. The van der Waals surface area contributed by atoms with Crippen molar-refractivity contribution in [3.05, 3.63) is 35.4 Å². The normalized spacial score (nSPS) is 9.43. The van der Waals surface area contributed by atoms with Crippen LogP contribution in [0.15, 0.2) is 24.3 Å². The van der Waals surface area contributed by atoms with Crippen molar-refractivity contribution in [3.63, 3.8) is 0 Å². The van der Waals surface area contributed by atoms with Gasteiger partial charge in [-0.05, 0) is 32.9 Å². The predicted octanol–water partition coefficient (Wildman–Crippen LogP) is 2.25. The van der Waals surface area contributed by atoms with Crippen LogP contribution in [0.4, 0.5) is 0 Å². The van der Waals surface area contributed by atoms with E-state index in [4.69, 9.17) is 0 Å². The van der Waals surface area contributed by atoms with Gasteiger partial charge in [-0.3, -0.25) is 4.79 Å². The quantitative estimate of drug-likeness (QED) is 0.798. The Kier molecular flexibility index (Phi) is 5.31. The van der Waals surface area contributed by atoms with Gasteiger partial charge >= 0.3 is 0 Å². The first-order chi connectivity index (χ1) is 6.09. The van der Waals surface area contributed by atoms with Crippen LogP contribution >= 0.6 is 13.5 Å². The minimum atomic E-state index is -0.00463. The maximum absolute atomic E-state index is 11.5. The van der Waals surface area contributed by atoms with E-state index in [1.54, 1.807) is 0 Å². The van der Waals surface area contributed by atoms with Gasteiger partial charge in [0.25, 0.3) is 5.91 Å². The van der Waals surface area contributed by atoms with Crippen LogP contribution in [0.1, 0.15) is 29.8 Å². The summed E-state index contributed by atoms with van der Waals surface area (Å²) in [6, 6.07) is 7.75. The van der Waals surface area contributed by atoms with Crippen molar-refractivity contribution >= 4 is 19.4 Å². The molecule has 0 heterocycles. The van der Waals surface area contributed by atoms with Crippen LogP contribution < -0.4 is 5.32 Å². The largest absolute Gasteiger partial charge is 0.350 e. The van der Waals surface area contributed by atoms with E-state index in [0.717, 1.165) is 5.56 Å². The second-order valence-corrected chi connectivity index (χ2v) is 3.49. The van der Waals surface area contributed by atoms with Gasteiger partial charge in [-0.1, -0.05) is 17.7 Å². The molecule has 1 aromatic carbocycles. The Bertz CT molecular complexity index is 293. The Hall–Kier alpha value is -0.960. The molecule has 1 aromatic rings. The Morgan fingerprint density at radius 2 is 1.71 bits per heavy atom. The molecule has 2 nitrogen and oxygen atoms in total. The highest BCUT2D eigenvalue weighted by Gasteiger charge is 2.04. The first-order valence-corrected chi connectivity index (χ1v) is 4.47. The zero-order valence-electron chi connectivity index (χ0n) is 8.79. The molecule has 0 unspecified atom stereocenters. The fourth-order valence-corrected chi connectivity index (χ4v) is 1.05. The molecule has 0 fully saturated rings. The lowest BCUT2D eigenvalue weighted by Gasteiger charge is -2.07. The van der Waals surface area contributed by atoms with E-state index in [0.29, 0.717) is 0 Å². The second kappa shape index (κ2) is 5.70. The van der Waals surface area contributed by atoms with Crippen LogP contribution in [0.25, 0.3) is 0 Å². The van der Waals surface area contributed by atoms with Crippen molar-refractivity contribution in [3.8, 4) is 0 Å². The summed E-state index contributed by atoms with van der Waals surface area (Å²) in [4.78, 5) is 11.5. The van der Waals surface area contributed by atoms with Gasteiger partial charge in [0.2, 0.25) is 0 Å². The van der Waals surface area contributed by atoms with E-state index in [-0.39, 0.29) is 25.4 Å². The number of amides is 1. The number of benzene rings is 1. The number of nitrogens with one attached hydrogen (secondary N) is 1. The van der Waals surface area contributed by atoms with Gasteiger partial charge in [-0.25, -0.2) is 0 Å². The summed E-state index contributed by atoms with van der Waals surface area (Å²) >= 11 is 0. The molecule has 3 heteroatoms. The fourth-order valence-electron chi connectivity index (χ4n) is 1.05. The average Bonchev–Trinajstić information content (AvgIpc) is 2.04. The molecule has 0 aliphatic carbocycles. The van der Waals surface area contributed by atoms with Crippen LogP contribution in [-0.2, 0) is 0 Å². The Morgan fingerprint density at radius 1 is 1.21 bits per heavy atom. The maximum atomic E-state index is 11.5. The number of rotatable bonds is 2. The number of hydrogen-bond donors (Lipinski definition) is 1. The zero-order chi connectivity index (χ0) is 9.84. The lowest BCUT2D eigenvalue weighted by atomic mass is 10.1. The van der Waals surface area contributed by atoms with E-state index < -0.39 is 0 Å². The summed E-state index contributed by atoms with van der Waals surface area (Å²) in [6.45, 7) is 5.91. The van der Waals surface area contributed by atoms with Crippen LogP contribution in [0, 0.1) is 6.92 Å². The van der Waals surface area contributed by atoms with E-state index >= 15 is 0 Å². The summed E-state index contributed by atoms with van der Waals surface area (Å²) in [5.41, 5.74) is 1.89. The monoisotopic (exact) mass is 211 g/mol. The molecule has 0 aromatic heterocycles. The molecule has 0 spiro atoms. The molecule has 0 aliphatic rings. The first kappa shape index (κ1) is 13.0. The Balaban J connectivity index is 0.00000169. The summed E-state index contributed by atoms with van der Waals surface area (Å²) in [5, 5.41) is 2.84. The van der Waals surface area contributed by atoms with E-state index in [2.05, 4.69) is 5.32 Å². The van der Waals surface area contributed by atoms with Crippen LogP contribution in [0.3, 0.4) is 0 Å². The van der Waals surface area contributed by atoms with Gasteiger partial charge < -0.3 is 5.32 Å². The summed E-state index contributed by atoms with van der Waals surface area (Å²) < 4.78 is 0. The van der Waals surface area contributed by atoms with Crippen LogP contribution in [0.2, 0.25) is 0 Å². The van der Waals surface area contributed by atoms with Gasteiger partial charge in [0, 0.05) is 11.6 Å². The zero-order valence-corrected chi connectivity index (χ0v) is 9.79. The fraction of sp³-hybridized carbons (Fsp3) is 0.364. The molecule has 0 bridgehead atoms. The van der Waals surface area contributed by atoms with Gasteiger partial charge in [0.1, 0.15) is 0 Å². The highest BCUT2D eigenvalue weighted by Crippen LogP contribution is 2.02. The molecular formula is C11H17NOS. The van der Waals surface area contributed by atoms with Gasteiger partial charge in [-0.2, -0.15) is 13.5 Å².